The van der Waals surface area contributed by atoms with Gasteiger partial charge in [0.05, 0.1) is 25.3 Å². The molecule has 1 unspecified atom stereocenters. The number of hydrogen-bond donors (Lipinski definition) is 2. The molecule has 3 aromatic rings. The van der Waals surface area contributed by atoms with Crippen LogP contribution in [0.3, 0.4) is 0 Å². The molecule has 1 fully saturated rings. The van der Waals surface area contributed by atoms with E-state index in [1.165, 1.54) is 14.2 Å². The lowest BCUT2D eigenvalue weighted by atomic mass is 10.0. The molecule has 11 nitrogen and oxygen atoms in total. The van der Waals surface area contributed by atoms with E-state index in [-0.39, 0.29) is 54.3 Å². The zero-order chi connectivity index (χ0) is 27.2. The van der Waals surface area contributed by atoms with Crippen LogP contribution in [-0.2, 0) is 9.53 Å². The molecule has 38 heavy (non-hydrogen) atoms. The molecule has 1 aliphatic heterocycles. The fourth-order valence-electron chi connectivity index (χ4n) is 4.25. The summed E-state index contributed by atoms with van der Waals surface area (Å²) >= 11 is 0. The minimum absolute atomic E-state index is 0.0209. The van der Waals surface area contributed by atoms with Gasteiger partial charge in [-0.1, -0.05) is 12.1 Å². The molecule has 1 aromatic heterocycles. The summed E-state index contributed by atoms with van der Waals surface area (Å²) in [4.78, 5) is 25.3. The molecule has 1 atom stereocenters. The first-order valence-electron chi connectivity index (χ1n) is 12.1. The van der Waals surface area contributed by atoms with E-state index >= 15 is 4.39 Å². The quantitative estimate of drug-likeness (QED) is 0.398. The van der Waals surface area contributed by atoms with Gasteiger partial charge < -0.3 is 35.5 Å². The van der Waals surface area contributed by atoms with E-state index in [1.54, 1.807) is 35.2 Å². The second kappa shape index (κ2) is 11.9. The highest BCUT2D eigenvalue weighted by Gasteiger charge is 2.26. The number of anilines is 2. The van der Waals surface area contributed by atoms with Crippen molar-refractivity contribution in [3.05, 3.63) is 47.3 Å². The first-order valence-corrected chi connectivity index (χ1v) is 12.1. The van der Waals surface area contributed by atoms with Crippen molar-refractivity contribution in [3.63, 3.8) is 0 Å². The minimum atomic E-state index is -0.698. The zero-order valence-corrected chi connectivity index (χ0v) is 21.3. The maximum absolute atomic E-state index is 15.5. The van der Waals surface area contributed by atoms with E-state index in [9.17, 15) is 4.79 Å². The molecule has 1 aliphatic rings. The van der Waals surface area contributed by atoms with Gasteiger partial charge in [0.25, 0.3) is 0 Å². The summed E-state index contributed by atoms with van der Waals surface area (Å²) < 4.78 is 31.2. The lowest BCUT2D eigenvalue weighted by Gasteiger charge is -2.35. The van der Waals surface area contributed by atoms with Gasteiger partial charge >= 0.3 is 0 Å². The molecule has 1 amide bonds. The lowest BCUT2D eigenvalue weighted by Crippen LogP contribution is -2.49. The molecule has 12 heteroatoms. The number of fused-ring (bicyclic) bond motifs is 1. The number of nitrogens with zero attached hydrogens (tertiary/aromatic N) is 5. The molecule has 4 N–H and O–H groups in total. The largest absolute Gasteiger partial charge is 0.493 e. The van der Waals surface area contributed by atoms with Crippen molar-refractivity contribution in [3.8, 4) is 17.6 Å². The number of benzene rings is 2. The number of halogens is 1. The number of carbonyl (C=O) groups is 1. The van der Waals surface area contributed by atoms with E-state index in [1.807, 2.05) is 4.90 Å². The van der Waals surface area contributed by atoms with Gasteiger partial charge in [-0.05, 0) is 23.8 Å². The molecular weight excluding hydrogens is 493 g/mol. The third-order valence-corrected chi connectivity index (χ3v) is 6.40. The number of ether oxygens (including phenoxy) is 3. The predicted molar refractivity (Wildman–Crippen MR) is 139 cm³/mol. The highest BCUT2D eigenvalue weighted by Crippen LogP contribution is 2.38. The summed E-state index contributed by atoms with van der Waals surface area (Å²) in [7, 11) is 2.93. The maximum Gasteiger partial charge on any atom is 0.228 e. The van der Waals surface area contributed by atoms with E-state index in [0.29, 0.717) is 37.1 Å². The number of nitrogen functional groups attached to an aromatic ring is 1. The molecule has 4 rings (SSSR count). The summed E-state index contributed by atoms with van der Waals surface area (Å²) in [6, 6.07) is 10.0. The number of hydrogen-bond acceptors (Lipinski definition) is 10. The van der Waals surface area contributed by atoms with Crippen molar-refractivity contribution in [2.45, 2.75) is 12.5 Å². The van der Waals surface area contributed by atoms with Gasteiger partial charge in [0.1, 0.15) is 17.9 Å². The van der Waals surface area contributed by atoms with Crippen LogP contribution in [0.15, 0.2) is 30.3 Å². The highest BCUT2D eigenvalue weighted by molar-refractivity contribution is 5.92. The van der Waals surface area contributed by atoms with Crippen LogP contribution in [0.4, 0.5) is 16.2 Å². The number of carbonyl (C=O) groups excluding carboxylic acids is 1. The average molecular weight is 524 g/mol. The Hall–Kier alpha value is -4.21. The second-order valence-electron chi connectivity index (χ2n) is 8.78. The van der Waals surface area contributed by atoms with Crippen LogP contribution in [0.1, 0.15) is 23.6 Å². The van der Waals surface area contributed by atoms with Gasteiger partial charge in [0.15, 0.2) is 17.3 Å². The van der Waals surface area contributed by atoms with E-state index in [4.69, 9.17) is 30.9 Å². The Kier molecular flexibility index (Phi) is 8.40. The molecule has 1 saturated heterocycles. The third-order valence-electron chi connectivity index (χ3n) is 6.40. The molecule has 0 saturated carbocycles. The van der Waals surface area contributed by atoms with Crippen molar-refractivity contribution in [2.75, 3.05) is 64.2 Å². The molecular formula is C26H30FN7O4. The number of aromatic nitrogens is 2. The summed E-state index contributed by atoms with van der Waals surface area (Å²) in [6.45, 7) is 2.15. The maximum atomic E-state index is 15.5. The van der Waals surface area contributed by atoms with Crippen LogP contribution in [-0.4, -0.2) is 74.4 Å². The van der Waals surface area contributed by atoms with Gasteiger partial charge in [-0.25, -0.2) is 9.37 Å². The standard InChI is InChI=1S/C26H30FN7O4/c1-36-11-12-38-24-20(37-2)13-18-23(22(24)27)31-26(32-25(18)30)34-9-7-33(8-10-34)21(35)14-19(29)17-5-3-16(15-28)4-6-17/h3-6,13,19H,7-12,14,29H2,1-2H3,(H2,30,31,32). The van der Waals surface area contributed by atoms with Crippen LogP contribution in [0.2, 0.25) is 0 Å². The third kappa shape index (κ3) is 5.69. The Morgan fingerprint density at radius 3 is 2.50 bits per heavy atom. The molecule has 0 spiro atoms. The van der Waals surface area contributed by atoms with Gasteiger partial charge in [-0.3, -0.25) is 4.79 Å². The van der Waals surface area contributed by atoms with Crippen molar-refractivity contribution < 1.29 is 23.4 Å². The van der Waals surface area contributed by atoms with E-state index in [2.05, 4.69) is 16.0 Å². The summed E-state index contributed by atoms with van der Waals surface area (Å²) in [5.74, 6) is -0.288. The topological polar surface area (TPSA) is 153 Å². The summed E-state index contributed by atoms with van der Waals surface area (Å²) in [5, 5.41) is 9.26. The Labute approximate surface area is 219 Å². The summed E-state index contributed by atoms with van der Waals surface area (Å²) in [5.41, 5.74) is 13.8. The second-order valence-corrected chi connectivity index (χ2v) is 8.78. The van der Waals surface area contributed by atoms with Crippen LogP contribution in [0.5, 0.6) is 11.5 Å². The predicted octanol–water partition coefficient (Wildman–Crippen LogP) is 2.00. The van der Waals surface area contributed by atoms with Crippen molar-refractivity contribution in [1.82, 2.24) is 14.9 Å². The number of nitrogens with two attached hydrogens (primary N) is 2. The zero-order valence-electron chi connectivity index (χ0n) is 21.3. The van der Waals surface area contributed by atoms with Crippen molar-refractivity contribution >= 4 is 28.6 Å². The first kappa shape index (κ1) is 26.8. The van der Waals surface area contributed by atoms with Crippen molar-refractivity contribution in [2.24, 2.45) is 5.73 Å². The summed E-state index contributed by atoms with van der Waals surface area (Å²) in [6.07, 6.45) is 0.143. The van der Waals surface area contributed by atoms with Crippen LogP contribution in [0.25, 0.3) is 10.9 Å². The number of methoxy groups -OCH3 is 2. The lowest BCUT2D eigenvalue weighted by molar-refractivity contribution is -0.131. The monoisotopic (exact) mass is 523 g/mol. The molecule has 0 radical (unpaired) electrons. The fourth-order valence-corrected chi connectivity index (χ4v) is 4.25. The number of amides is 1. The smallest absolute Gasteiger partial charge is 0.228 e. The van der Waals surface area contributed by atoms with Crippen LogP contribution >= 0.6 is 0 Å². The molecule has 200 valence electrons. The highest BCUT2D eigenvalue weighted by atomic mass is 19.1. The first-order chi connectivity index (χ1) is 18.4. The van der Waals surface area contributed by atoms with Crippen LogP contribution in [0, 0.1) is 17.1 Å². The van der Waals surface area contributed by atoms with Gasteiger partial charge in [-0.2, -0.15) is 10.2 Å². The number of piperazine rings is 1. The molecule has 0 bridgehead atoms. The molecule has 2 heterocycles. The van der Waals surface area contributed by atoms with Gasteiger partial charge in [-0.15, -0.1) is 0 Å². The normalized spacial score (nSPS) is 14.3. The number of rotatable bonds is 9. The average Bonchev–Trinajstić information content (AvgIpc) is 2.94. The van der Waals surface area contributed by atoms with Crippen LogP contribution < -0.4 is 25.8 Å². The van der Waals surface area contributed by atoms with Gasteiger partial charge in [0, 0.05) is 51.1 Å². The Balaban J connectivity index is 1.45. The minimum Gasteiger partial charge on any atom is -0.493 e. The Bertz CT molecular complexity index is 1340. The van der Waals surface area contributed by atoms with Crippen molar-refractivity contribution in [1.29, 1.82) is 5.26 Å². The molecule has 2 aromatic carbocycles. The SMILES string of the molecule is COCCOc1c(OC)cc2c(N)nc(N3CCN(C(=O)CC(N)c4ccc(C#N)cc4)CC3)nc2c1F. The van der Waals surface area contributed by atoms with E-state index in [0.717, 1.165) is 5.56 Å². The number of nitriles is 1. The van der Waals surface area contributed by atoms with E-state index < -0.39 is 11.9 Å². The Morgan fingerprint density at radius 2 is 1.87 bits per heavy atom. The Morgan fingerprint density at radius 1 is 1.16 bits per heavy atom. The fraction of sp³-hybridized carbons (Fsp3) is 0.385. The molecule has 0 aliphatic carbocycles. The van der Waals surface area contributed by atoms with Gasteiger partial charge in [0.2, 0.25) is 11.9 Å².